The Morgan fingerprint density at radius 3 is 2.42 bits per heavy atom. The Labute approximate surface area is 72.5 Å². The van der Waals surface area contributed by atoms with Crippen molar-refractivity contribution < 1.29 is 4.74 Å². The van der Waals surface area contributed by atoms with Crippen LogP contribution in [0.4, 0.5) is 0 Å². The van der Waals surface area contributed by atoms with E-state index in [4.69, 9.17) is 15.7 Å². The lowest BCUT2D eigenvalue weighted by Crippen LogP contribution is -2.58. The van der Waals surface area contributed by atoms with Crippen LogP contribution < -0.4 is 5.73 Å². The summed E-state index contributed by atoms with van der Waals surface area (Å²) in [5.41, 5.74) is 5.69. The second kappa shape index (κ2) is 2.72. The highest BCUT2D eigenvalue weighted by atomic mass is 16.5. The van der Waals surface area contributed by atoms with Gasteiger partial charge in [0, 0.05) is 6.04 Å². The van der Waals surface area contributed by atoms with Crippen LogP contribution in [0, 0.1) is 22.7 Å². The van der Waals surface area contributed by atoms with Crippen LogP contribution in [0.1, 0.15) is 19.3 Å². The van der Waals surface area contributed by atoms with Crippen LogP contribution in [0.15, 0.2) is 0 Å². The fraction of sp³-hybridized carbons (Fsp3) is 0.889. The van der Waals surface area contributed by atoms with E-state index in [1.165, 1.54) is 19.3 Å². The highest BCUT2D eigenvalue weighted by molar-refractivity contribution is 5.12. The van der Waals surface area contributed by atoms with Gasteiger partial charge in [0.25, 0.3) is 0 Å². The summed E-state index contributed by atoms with van der Waals surface area (Å²) in [7, 11) is 0. The van der Waals surface area contributed by atoms with Gasteiger partial charge in [-0.15, -0.1) is 0 Å². The Morgan fingerprint density at radius 1 is 1.50 bits per heavy atom. The van der Waals surface area contributed by atoms with Crippen molar-refractivity contribution in [2.75, 3.05) is 13.2 Å². The number of nitrogens with two attached hydrogens (primary N) is 1. The normalized spacial score (nSPS) is 29.7. The Kier molecular flexibility index (Phi) is 1.82. The summed E-state index contributed by atoms with van der Waals surface area (Å²) in [5, 5.41) is 8.97. The summed E-state index contributed by atoms with van der Waals surface area (Å²) < 4.78 is 5.07. The van der Waals surface area contributed by atoms with Crippen molar-refractivity contribution in [2.45, 2.75) is 25.3 Å². The molecule has 1 atom stereocenters. The molecule has 1 heterocycles. The van der Waals surface area contributed by atoms with E-state index in [1.807, 2.05) is 0 Å². The lowest BCUT2D eigenvalue weighted by molar-refractivity contribution is -0.104. The Morgan fingerprint density at radius 2 is 2.17 bits per heavy atom. The fourth-order valence-corrected chi connectivity index (χ4v) is 1.90. The molecule has 0 spiro atoms. The molecule has 3 nitrogen and oxygen atoms in total. The van der Waals surface area contributed by atoms with E-state index in [0.717, 1.165) is 0 Å². The highest BCUT2D eigenvalue weighted by Gasteiger charge is 2.48. The molecule has 66 valence electrons. The maximum Gasteiger partial charge on any atom is 0.119 e. The van der Waals surface area contributed by atoms with Gasteiger partial charge in [0.15, 0.2) is 0 Å². The zero-order valence-electron chi connectivity index (χ0n) is 7.12. The van der Waals surface area contributed by atoms with Crippen LogP contribution in [0.5, 0.6) is 0 Å². The summed E-state index contributed by atoms with van der Waals surface area (Å²) >= 11 is 0. The van der Waals surface area contributed by atoms with Crippen LogP contribution in [0.2, 0.25) is 0 Å². The van der Waals surface area contributed by atoms with Crippen molar-refractivity contribution in [1.82, 2.24) is 0 Å². The number of nitriles is 1. The lowest BCUT2D eigenvalue weighted by atomic mass is 9.67. The SMILES string of the molecule is N#CC1(C(N)C2CCC2)COC1. The molecule has 0 radical (unpaired) electrons. The van der Waals surface area contributed by atoms with E-state index >= 15 is 0 Å². The second-order valence-corrected chi connectivity index (χ2v) is 3.98. The van der Waals surface area contributed by atoms with Crippen LogP contribution in [0.3, 0.4) is 0 Å². The van der Waals surface area contributed by atoms with Crippen LogP contribution in [-0.2, 0) is 4.74 Å². The molecule has 2 fully saturated rings. The molecule has 1 aliphatic carbocycles. The molecule has 1 saturated heterocycles. The van der Waals surface area contributed by atoms with Crippen molar-refractivity contribution in [2.24, 2.45) is 17.1 Å². The molecule has 3 heteroatoms. The van der Waals surface area contributed by atoms with Crippen molar-refractivity contribution in [3.63, 3.8) is 0 Å². The van der Waals surface area contributed by atoms with E-state index in [0.29, 0.717) is 19.1 Å². The van der Waals surface area contributed by atoms with Crippen molar-refractivity contribution in [1.29, 1.82) is 5.26 Å². The molecule has 1 aliphatic heterocycles. The van der Waals surface area contributed by atoms with Gasteiger partial charge in [-0.25, -0.2) is 0 Å². The molecular weight excluding hydrogens is 152 g/mol. The fourth-order valence-electron chi connectivity index (χ4n) is 1.90. The average Bonchev–Trinajstić information content (AvgIpc) is 1.81. The summed E-state index contributed by atoms with van der Waals surface area (Å²) in [6.45, 7) is 1.09. The maximum atomic E-state index is 8.97. The molecule has 0 bridgehead atoms. The number of hydrogen-bond acceptors (Lipinski definition) is 3. The van der Waals surface area contributed by atoms with Gasteiger partial charge in [-0.05, 0) is 18.8 Å². The minimum absolute atomic E-state index is 0.0463. The lowest BCUT2D eigenvalue weighted by Gasteiger charge is -2.45. The molecule has 0 aromatic rings. The minimum Gasteiger partial charge on any atom is -0.378 e. The Bertz CT molecular complexity index is 213. The molecular formula is C9H14N2O. The third-order valence-electron chi connectivity index (χ3n) is 3.24. The third-order valence-corrected chi connectivity index (χ3v) is 3.24. The first-order valence-corrected chi connectivity index (χ1v) is 4.53. The van der Waals surface area contributed by atoms with Gasteiger partial charge in [-0.2, -0.15) is 5.26 Å². The molecule has 0 amide bonds. The molecule has 0 aromatic heterocycles. The monoisotopic (exact) mass is 166 g/mol. The molecule has 0 aromatic carbocycles. The third kappa shape index (κ3) is 0.954. The van der Waals surface area contributed by atoms with Gasteiger partial charge in [-0.3, -0.25) is 0 Å². The van der Waals surface area contributed by atoms with E-state index < -0.39 is 0 Å². The van der Waals surface area contributed by atoms with E-state index in [-0.39, 0.29) is 11.5 Å². The standard InChI is InChI=1S/C9H14N2O/c10-4-9(5-12-6-9)8(11)7-2-1-3-7/h7-8H,1-3,5-6,11H2. The first-order valence-electron chi connectivity index (χ1n) is 4.53. The van der Waals surface area contributed by atoms with E-state index in [1.54, 1.807) is 0 Å². The second-order valence-electron chi connectivity index (χ2n) is 3.98. The number of rotatable bonds is 2. The molecule has 1 saturated carbocycles. The predicted octanol–water partition coefficient (Wildman–Crippen LogP) is 0.654. The van der Waals surface area contributed by atoms with Gasteiger partial charge in [-0.1, -0.05) is 6.42 Å². The van der Waals surface area contributed by atoms with E-state index in [9.17, 15) is 0 Å². The maximum absolute atomic E-state index is 8.97. The van der Waals surface area contributed by atoms with Crippen molar-refractivity contribution >= 4 is 0 Å². The quantitative estimate of drug-likeness (QED) is 0.655. The minimum atomic E-state index is -0.342. The van der Waals surface area contributed by atoms with Gasteiger partial charge in [0.1, 0.15) is 5.41 Å². The Hall–Kier alpha value is -0.590. The van der Waals surface area contributed by atoms with Gasteiger partial charge < -0.3 is 10.5 Å². The van der Waals surface area contributed by atoms with Gasteiger partial charge >= 0.3 is 0 Å². The zero-order valence-corrected chi connectivity index (χ0v) is 7.12. The summed E-state index contributed by atoms with van der Waals surface area (Å²) in [5.74, 6) is 0.577. The summed E-state index contributed by atoms with van der Waals surface area (Å²) in [6, 6.07) is 2.36. The number of ether oxygens (including phenoxy) is 1. The van der Waals surface area contributed by atoms with Crippen molar-refractivity contribution in [3.05, 3.63) is 0 Å². The largest absolute Gasteiger partial charge is 0.378 e. The van der Waals surface area contributed by atoms with Crippen LogP contribution in [0.25, 0.3) is 0 Å². The predicted molar refractivity (Wildman–Crippen MR) is 44.2 cm³/mol. The number of nitrogens with zero attached hydrogens (tertiary/aromatic N) is 1. The van der Waals surface area contributed by atoms with E-state index in [2.05, 4.69) is 6.07 Å². The Balaban J connectivity index is 2.01. The molecule has 2 aliphatic rings. The first kappa shape index (κ1) is 8.03. The van der Waals surface area contributed by atoms with Gasteiger partial charge in [0.05, 0.1) is 19.3 Å². The average molecular weight is 166 g/mol. The zero-order chi connectivity index (χ0) is 8.60. The molecule has 2 rings (SSSR count). The summed E-state index contributed by atoms with van der Waals surface area (Å²) in [6.07, 6.45) is 3.68. The number of hydrogen-bond donors (Lipinski definition) is 1. The van der Waals surface area contributed by atoms with Gasteiger partial charge in [0.2, 0.25) is 0 Å². The smallest absolute Gasteiger partial charge is 0.119 e. The highest BCUT2D eigenvalue weighted by Crippen LogP contribution is 2.40. The van der Waals surface area contributed by atoms with Crippen molar-refractivity contribution in [3.8, 4) is 6.07 Å². The molecule has 1 unspecified atom stereocenters. The molecule has 12 heavy (non-hydrogen) atoms. The summed E-state index contributed by atoms with van der Waals surface area (Å²) in [4.78, 5) is 0. The van der Waals surface area contributed by atoms with Crippen LogP contribution in [-0.4, -0.2) is 19.3 Å². The topological polar surface area (TPSA) is 59.0 Å². The molecule has 2 N–H and O–H groups in total. The van der Waals surface area contributed by atoms with Crippen LogP contribution >= 0.6 is 0 Å². The first-order chi connectivity index (χ1) is 5.78.